The molecule has 4 aliphatic rings. The third-order valence-corrected chi connectivity index (χ3v) is 11.5. The van der Waals surface area contributed by atoms with Crippen LogP contribution in [0.25, 0.3) is 33.4 Å². The molecular weight excluding hydrogens is 700 g/mol. The van der Waals surface area contributed by atoms with Crippen molar-refractivity contribution in [1.29, 1.82) is 0 Å². The lowest BCUT2D eigenvalue weighted by atomic mass is 9.92. The van der Waals surface area contributed by atoms with Gasteiger partial charge in [-0.1, -0.05) is 12.1 Å². The van der Waals surface area contributed by atoms with Crippen molar-refractivity contribution < 1.29 is 23.3 Å². The molecule has 1 unspecified atom stereocenters. The van der Waals surface area contributed by atoms with Crippen molar-refractivity contribution in [2.45, 2.75) is 25.2 Å². The van der Waals surface area contributed by atoms with Crippen LogP contribution in [-0.4, -0.2) is 124 Å². The summed E-state index contributed by atoms with van der Waals surface area (Å²) in [5.41, 5.74) is 7.93. The zero-order chi connectivity index (χ0) is 37.6. The number of rotatable bonds is 8. The number of nitrogens with zero attached hydrogens (tertiary/aromatic N) is 7. The Morgan fingerprint density at radius 2 is 1.78 bits per heavy atom. The SMILES string of the molecule is Cn1nc(C2CCC(=O)NC2=O)c2cccc([N+]3=CCN(CCN4CCN(c5ccc(-c6cc(-c7cc8c([nH]7)CCNC8=O)ccn6)c(F)c5)CC4)CC3)c21. The summed E-state index contributed by atoms with van der Waals surface area (Å²) in [5.74, 6) is -1.30. The van der Waals surface area contributed by atoms with Crippen molar-refractivity contribution in [1.82, 2.24) is 40.2 Å². The number of pyridine rings is 1. The quantitative estimate of drug-likeness (QED) is 0.163. The Morgan fingerprint density at radius 3 is 2.56 bits per heavy atom. The van der Waals surface area contributed by atoms with Crippen LogP contribution in [0, 0.1) is 5.82 Å². The van der Waals surface area contributed by atoms with Crippen LogP contribution >= 0.6 is 0 Å². The lowest BCUT2D eigenvalue weighted by Crippen LogP contribution is -2.49. The van der Waals surface area contributed by atoms with Gasteiger partial charge in [-0.15, -0.1) is 0 Å². The van der Waals surface area contributed by atoms with Gasteiger partial charge in [-0.2, -0.15) is 9.67 Å². The standard InChI is InChI=1S/C41H43FN10O3/c1-48-39-29(38(47-48)30-7-8-37(53)46-41(30)55)3-2-4-36(39)52-21-17-50(18-22-52)14-13-49-15-19-51(20-16-49)27-5-6-28(32(42)24-27)35-23-26(9-11-43-35)34-25-31-33(45-34)10-12-44-40(31)54/h2-6,9,11,21,23-25,30H,7-8,10,12-20,22H2,1H3,(H2-,43,44,45,46,53,54,55)/p+1. The largest absolute Gasteiger partial charge is 0.369 e. The molecule has 0 saturated carbocycles. The molecular formula is C41H44FN10O3+. The van der Waals surface area contributed by atoms with Gasteiger partial charge in [0.15, 0.2) is 12.8 Å². The molecule has 3 amide bonds. The molecule has 1 atom stereocenters. The predicted octanol–water partition coefficient (Wildman–Crippen LogP) is 3.43. The van der Waals surface area contributed by atoms with Crippen LogP contribution in [-0.2, 0) is 23.1 Å². The van der Waals surface area contributed by atoms with Crippen molar-refractivity contribution in [3.8, 4) is 22.5 Å². The van der Waals surface area contributed by atoms with Crippen LogP contribution in [0.15, 0.2) is 60.8 Å². The molecule has 282 valence electrons. The van der Waals surface area contributed by atoms with E-state index in [0.29, 0.717) is 36.2 Å². The maximum absolute atomic E-state index is 15.6. The molecule has 9 rings (SSSR count). The normalized spacial score (nSPS) is 19.7. The molecule has 0 aliphatic carbocycles. The van der Waals surface area contributed by atoms with Crippen molar-refractivity contribution >= 4 is 46.2 Å². The number of fused-ring (bicyclic) bond motifs is 2. The molecule has 3 N–H and O–H groups in total. The van der Waals surface area contributed by atoms with E-state index < -0.39 is 5.92 Å². The van der Waals surface area contributed by atoms with E-state index in [1.165, 1.54) is 0 Å². The van der Waals surface area contributed by atoms with Gasteiger partial charge in [-0.25, -0.2) is 4.39 Å². The van der Waals surface area contributed by atoms with E-state index >= 15 is 4.39 Å². The number of aromatic nitrogens is 4. The maximum atomic E-state index is 15.6. The monoisotopic (exact) mass is 743 g/mol. The number of nitrogens with one attached hydrogen (secondary N) is 3. The number of imide groups is 1. The number of aryl methyl sites for hydroxylation is 1. The molecule has 0 radical (unpaired) electrons. The molecule has 14 heteroatoms. The van der Waals surface area contributed by atoms with Crippen molar-refractivity contribution in [3.05, 3.63) is 83.6 Å². The molecule has 5 aromatic rings. The summed E-state index contributed by atoms with van der Waals surface area (Å²) in [6.45, 7) is 8.63. The fourth-order valence-corrected chi connectivity index (χ4v) is 8.47. The zero-order valence-corrected chi connectivity index (χ0v) is 30.9. The number of anilines is 1. The topological polar surface area (TPSA) is 134 Å². The minimum atomic E-state index is -0.428. The highest BCUT2D eigenvalue weighted by Crippen LogP contribution is 2.35. The number of halogens is 1. The first kappa shape index (κ1) is 35.0. The number of benzene rings is 2. The van der Waals surface area contributed by atoms with Crippen molar-refractivity contribution in [2.75, 3.05) is 70.3 Å². The minimum absolute atomic E-state index is 0.0735. The van der Waals surface area contributed by atoms with Crippen molar-refractivity contribution in [3.63, 3.8) is 0 Å². The van der Waals surface area contributed by atoms with Crippen LogP contribution in [0.3, 0.4) is 0 Å². The average Bonchev–Trinajstić information content (AvgIpc) is 3.80. The third kappa shape index (κ3) is 6.80. The molecule has 2 saturated heterocycles. The molecule has 13 nitrogen and oxygen atoms in total. The van der Waals surface area contributed by atoms with Gasteiger partial charge in [-0.3, -0.25) is 39.2 Å². The second-order valence-electron chi connectivity index (χ2n) is 14.9. The number of H-pyrrole nitrogens is 1. The number of carbonyl (C=O) groups is 3. The third-order valence-electron chi connectivity index (χ3n) is 11.5. The number of hydrogen-bond acceptors (Lipinski definition) is 8. The van der Waals surface area contributed by atoms with E-state index in [2.05, 4.69) is 52.2 Å². The molecule has 0 bridgehead atoms. The molecule has 55 heavy (non-hydrogen) atoms. The second-order valence-corrected chi connectivity index (χ2v) is 14.9. The van der Waals surface area contributed by atoms with Gasteiger partial charge in [-0.05, 0) is 42.8 Å². The summed E-state index contributed by atoms with van der Waals surface area (Å²) in [6, 6.07) is 17.2. The molecule has 7 heterocycles. The van der Waals surface area contributed by atoms with Crippen LogP contribution < -0.4 is 15.5 Å². The van der Waals surface area contributed by atoms with Gasteiger partial charge in [0.25, 0.3) is 5.91 Å². The summed E-state index contributed by atoms with van der Waals surface area (Å²) >= 11 is 0. The summed E-state index contributed by atoms with van der Waals surface area (Å²) < 4.78 is 19.8. The Kier molecular flexibility index (Phi) is 9.22. The van der Waals surface area contributed by atoms with Gasteiger partial charge in [0.05, 0.1) is 36.0 Å². The highest BCUT2D eigenvalue weighted by molar-refractivity contribution is 6.03. The van der Waals surface area contributed by atoms with E-state index in [4.69, 9.17) is 5.10 Å². The summed E-state index contributed by atoms with van der Waals surface area (Å²) in [4.78, 5) is 51.7. The number of hydrogen-bond donors (Lipinski definition) is 3. The molecule has 2 aromatic carbocycles. The number of piperazine rings is 1. The number of amides is 3. The highest BCUT2D eigenvalue weighted by Gasteiger charge is 2.33. The first-order chi connectivity index (χ1) is 26.8. The van der Waals surface area contributed by atoms with Crippen molar-refractivity contribution in [2.24, 2.45) is 7.05 Å². The van der Waals surface area contributed by atoms with Gasteiger partial charge in [0.2, 0.25) is 17.5 Å². The summed E-state index contributed by atoms with van der Waals surface area (Å²) in [5, 5.41) is 11.1. The Hall–Kier alpha value is -5.73. The first-order valence-corrected chi connectivity index (χ1v) is 19.1. The fourth-order valence-electron chi connectivity index (χ4n) is 8.47. The lowest BCUT2D eigenvalue weighted by Gasteiger charge is -2.37. The molecule has 0 spiro atoms. The Labute approximate surface area is 317 Å². The average molecular weight is 744 g/mol. The smallest absolute Gasteiger partial charge is 0.253 e. The maximum Gasteiger partial charge on any atom is 0.253 e. The van der Waals surface area contributed by atoms with Gasteiger partial charge < -0.3 is 15.2 Å². The predicted molar refractivity (Wildman–Crippen MR) is 207 cm³/mol. The number of aromatic amines is 1. The zero-order valence-electron chi connectivity index (χ0n) is 30.9. The Balaban J connectivity index is 0.791. The van der Waals surface area contributed by atoms with Crippen LogP contribution in [0.4, 0.5) is 15.8 Å². The summed E-state index contributed by atoms with van der Waals surface area (Å²) in [6.07, 6.45) is 5.47. The number of piperidine rings is 1. The number of carbonyl (C=O) groups excluding carboxylic acids is 3. The molecule has 3 aromatic heterocycles. The van der Waals surface area contributed by atoms with Crippen LogP contribution in [0.2, 0.25) is 0 Å². The Morgan fingerprint density at radius 1 is 0.927 bits per heavy atom. The first-order valence-electron chi connectivity index (χ1n) is 19.1. The Bertz CT molecular complexity index is 2360. The van der Waals surface area contributed by atoms with E-state index in [9.17, 15) is 14.4 Å². The van der Waals surface area contributed by atoms with E-state index in [1.54, 1.807) is 12.3 Å². The van der Waals surface area contributed by atoms with E-state index in [1.807, 2.05) is 54.2 Å². The molecule has 2 fully saturated rings. The highest BCUT2D eigenvalue weighted by atomic mass is 19.1. The van der Waals surface area contributed by atoms with Crippen LogP contribution in [0.5, 0.6) is 0 Å². The fraction of sp³-hybridized carbons (Fsp3) is 0.366. The second kappa shape index (κ2) is 14.5. The molecule has 4 aliphatic heterocycles. The van der Waals surface area contributed by atoms with E-state index in [0.717, 1.165) is 110 Å². The summed E-state index contributed by atoms with van der Waals surface area (Å²) in [7, 11) is 1.92. The van der Waals surface area contributed by atoms with Gasteiger partial charge in [0.1, 0.15) is 11.3 Å². The minimum Gasteiger partial charge on any atom is -0.369 e. The lowest BCUT2D eigenvalue weighted by molar-refractivity contribution is -0.442. The van der Waals surface area contributed by atoms with Crippen LogP contribution in [0.1, 0.15) is 40.5 Å². The van der Waals surface area contributed by atoms with Gasteiger partial charge in [0, 0.05) is 112 Å². The van der Waals surface area contributed by atoms with E-state index in [-0.39, 0.29) is 23.5 Å². The van der Waals surface area contributed by atoms with Gasteiger partial charge >= 0.3 is 0 Å². The number of para-hydroxylation sites is 1.